The molecule has 1 aliphatic heterocycles. The Bertz CT molecular complexity index is 828. The number of thioether (sulfide) groups is 1. The summed E-state index contributed by atoms with van der Waals surface area (Å²) in [5.74, 6) is 1.52. The van der Waals surface area contributed by atoms with Crippen molar-refractivity contribution >= 4 is 51.7 Å². The second-order valence-electron chi connectivity index (χ2n) is 5.48. The van der Waals surface area contributed by atoms with Crippen LogP contribution in [0.2, 0.25) is 10.2 Å². The van der Waals surface area contributed by atoms with Crippen molar-refractivity contribution in [2.75, 3.05) is 18.9 Å². The van der Waals surface area contributed by atoms with E-state index in [1.54, 1.807) is 16.7 Å². The molecule has 8 heteroatoms. The van der Waals surface area contributed by atoms with E-state index >= 15 is 0 Å². The normalized spacial score (nSPS) is 16.0. The molecule has 1 aromatic heterocycles. The third-order valence-electron chi connectivity index (χ3n) is 3.65. The van der Waals surface area contributed by atoms with E-state index in [1.807, 2.05) is 31.2 Å². The number of pyridine rings is 1. The van der Waals surface area contributed by atoms with Gasteiger partial charge in [-0.3, -0.25) is 9.69 Å². The Morgan fingerprint density at radius 2 is 2.12 bits per heavy atom. The second kappa shape index (κ2) is 8.75. The predicted molar refractivity (Wildman–Crippen MR) is 107 cm³/mol. The molecule has 136 valence electrons. The number of aromatic nitrogens is 1. The average Bonchev–Trinajstić information content (AvgIpc) is 2.66. The molecule has 0 N–H and O–H groups in total. The van der Waals surface area contributed by atoms with Gasteiger partial charge in [-0.05, 0) is 43.7 Å². The van der Waals surface area contributed by atoms with Crippen molar-refractivity contribution in [3.8, 4) is 5.75 Å². The number of carbonyl (C=O) groups excluding carboxylic acids is 1. The minimum atomic E-state index is -0.187. The molecule has 0 atom stereocenters. The molecule has 2 heterocycles. The van der Waals surface area contributed by atoms with Gasteiger partial charge in [0.1, 0.15) is 10.9 Å². The Kier molecular flexibility index (Phi) is 6.40. The van der Waals surface area contributed by atoms with Gasteiger partial charge < -0.3 is 4.74 Å². The molecule has 1 fully saturated rings. The van der Waals surface area contributed by atoms with Crippen LogP contribution in [0, 0.1) is 0 Å². The van der Waals surface area contributed by atoms with Crippen LogP contribution in [-0.2, 0) is 0 Å². The lowest BCUT2D eigenvalue weighted by molar-refractivity contribution is 0.0849. The topological polar surface area (TPSA) is 54.8 Å². The number of halogens is 2. The quantitative estimate of drug-likeness (QED) is 0.662. The molecule has 1 saturated heterocycles. The number of ether oxygens (including phenoxy) is 1. The zero-order valence-corrected chi connectivity index (χ0v) is 16.4. The Labute approximate surface area is 166 Å². The van der Waals surface area contributed by atoms with Gasteiger partial charge in [0.2, 0.25) is 0 Å². The molecule has 0 aliphatic carbocycles. The lowest BCUT2D eigenvalue weighted by Gasteiger charge is -2.27. The van der Waals surface area contributed by atoms with E-state index in [4.69, 9.17) is 27.9 Å². The largest absolute Gasteiger partial charge is 0.494 e. The van der Waals surface area contributed by atoms with Crippen molar-refractivity contribution in [1.29, 1.82) is 0 Å². The summed E-state index contributed by atoms with van der Waals surface area (Å²) in [5, 5.41) is 1.10. The highest BCUT2D eigenvalue weighted by Gasteiger charge is 2.25. The maximum absolute atomic E-state index is 12.9. The van der Waals surface area contributed by atoms with Gasteiger partial charge in [-0.2, -0.15) is 0 Å². The molecule has 0 spiro atoms. The molecule has 3 rings (SSSR count). The first-order valence-corrected chi connectivity index (χ1v) is 9.90. The van der Waals surface area contributed by atoms with Gasteiger partial charge in [-0.15, -0.1) is 0 Å². The SMILES string of the molecule is CCOc1ccc(N=C2SCCCN2C(=O)c2cnc(Cl)c(Cl)c2)cc1. The highest BCUT2D eigenvalue weighted by molar-refractivity contribution is 8.13. The standard InChI is InChI=1S/C18H17Cl2N3O2S/c1-2-25-14-6-4-13(5-7-14)22-18-23(8-3-9-26-18)17(24)12-10-15(19)16(20)21-11-12/h4-7,10-11H,2-3,8-9H2,1H3. The van der Waals surface area contributed by atoms with Crippen LogP contribution in [0.25, 0.3) is 0 Å². The van der Waals surface area contributed by atoms with Crippen LogP contribution < -0.4 is 4.74 Å². The van der Waals surface area contributed by atoms with E-state index < -0.39 is 0 Å². The smallest absolute Gasteiger partial charge is 0.261 e. The highest BCUT2D eigenvalue weighted by atomic mass is 35.5. The summed E-state index contributed by atoms with van der Waals surface area (Å²) in [6.07, 6.45) is 2.33. The van der Waals surface area contributed by atoms with Gasteiger partial charge in [0.05, 0.1) is 22.9 Å². The molecule has 0 saturated carbocycles. The third kappa shape index (κ3) is 4.50. The maximum atomic E-state index is 12.9. The molecule has 1 aliphatic rings. The van der Waals surface area contributed by atoms with E-state index in [0.29, 0.717) is 23.9 Å². The lowest BCUT2D eigenvalue weighted by atomic mass is 10.2. The molecular formula is C18H17Cl2N3O2S. The van der Waals surface area contributed by atoms with Crippen LogP contribution in [0.3, 0.4) is 0 Å². The zero-order chi connectivity index (χ0) is 18.5. The number of benzene rings is 1. The number of rotatable bonds is 4. The molecule has 0 radical (unpaired) electrons. The van der Waals surface area contributed by atoms with E-state index in [2.05, 4.69) is 9.98 Å². The number of amides is 1. The molecule has 2 aromatic rings. The Morgan fingerprint density at radius 1 is 1.35 bits per heavy atom. The van der Waals surface area contributed by atoms with Crippen molar-refractivity contribution in [3.05, 3.63) is 52.3 Å². The van der Waals surface area contributed by atoms with Crippen molar-refractivity contribution in [1.82, 2.24) is 9.88 Å². The zero-order valence-electron chi connectivity index (χ0n) is 14.1. The van der Waals surface area contributed by atoms with Crippen molar-refractivity contribution in [3.63, 3.8) is 0 Å². The van der Waals surface area contributed by atoms with Gasteiger partial charge in [-0.1, -0.05) is 35.0 Å². The molecule has 0 unspecified atom stereocenters. The number of hydrogen-bond acceptors (Lipinski definition) is 5. The van der Waals surface area contributed by atoms with Crippen molar-refractivity contribution < 1.29 is 9.53 Å². The van der Waals surface area contributed by atoms with E-state index in [1.165, 1.54) is 12.3 Å². The summed E-state index contributed by atoms with van der Waals surface area (Å²) in [6.45, 7) is 3.15. The van der Waals surface area contributed by atoms with Crippen LogP contribution in [-0.4, -0.2) is 39.9 Å². The van der Waals surface area contributed by atoms with Crippen molar-refractivity contribution in [2.24, 2.45) is 4.99 Å². The average molecular weight is 410 g/mol. The molecule has 26 heavy (non-hydrogen) atoms. The monoisotopic (exact) mass is 409 g/mol. The Hall–Kier alpha value is -1.76. The first-order valence-electron chi connectivity index (χ1n) is 8.15. The number of aliphatic imine (C=N–C) groups is 1. The van der Waals surface area contributed by atoms with E-state index in [-0.39, 0.29) is 16.1 Å². The molecular weight excluding hydrogens is 393 g/mol. The van der Waals surface area contributed by atoms with Gasteiger partial charge in [0, 0.05) is 18.5 Å². The van der Waals surface area contributed by atoms with Gasteiger partial charge in [0.25, 0.3) is 5.91 Å². The Morgan fingerprint density at radius 3 is 2.81 bits per heavy atom. The van der Waals surface area contributed by atoms with Crippen LogP contribution in [0.5, 0.6) is 5.75 Å². The minimum absolute atomic E-state index is 0.180. The third-order valence-corrected chi connectivity index (χ3v) is 5.40. The summed E-state index contributed by atoms with van der Waals surface area (Å²) in [6, 6.07) is 9.01. The Balaban J connectivity index is 1.84. The fraction of sp³-hybridized carbons (Fsp3) is 0.278. The molecule has 0 bridgehead atoms. The minimum Gasteiger partial charge on any atom is -0.494 e. The van der Waals surface area contributed by atoms with Crippen LogP contribution in [0.4, 0.5) is 5.69 Å². The van der Waals surface area contributed by atoms with Crippen molar-refractivity contribution in [2.45, 2.75) is 13.3 Å². The second-order valence-corrected chi connectivity index (χ2v) is 7.30. The highest BCUT2D eigenvalue weighted by Crippen LogP contribution is 2.26. The molecule has 1 amide bonds. The molecule has 1 aromatic carbocycles. The van der Waals surface area contributed by atoms with Crippen LogP contribution >= 0.6 is 35.0 Å². The predicted octanol–water partition coefficient (Wildman–Crippen LogP) is 5.05. The number of nitrogens with zero attached hydrogens (tertiary/aromatic N) is 3. The first kappa shape index (κ1) is 19.0. The fourth-order valence-electron chi connectivity index (χ4n) is 2.43. The summed E-state index contributed by atoms with van der Waals surface area (Å²) < 4.78 is 5.44. The molecule has 5 nitrogen and oxygen atoms in total. The first-order chi connectivity index (χ1) is 12.6. The van der Waals surface area contributed by atoms with Crippen LogP contribution in [0.15, 0.2) is 41.5 Å². The van der Waals surface area contributed by atoms with Gasteiger partial charge in [-0.25, -0.2) is 9.98 Å². The summed E-state index contributed by atoms with van der Waals surface area (Å²) >= 11 is 13.4. The number of hydrogen-bond donors (Lipinski definition) is 0. The van der Waals surface area contributed by atoms with E-state index in [0.717, 1.165) is 23.6 Å². The fourth-order valence-corrected chi connectivity index (χ4v) is 3.65. The van der Waals surface area contributed by atoms with E-state index in [9.17, 15) is 4.79 Å². The summed E-state index contributed by atoms with van der Waals surface area (Å²) in [5.41, 5.74) is 1.16. The maximum Gasteiger partial charge on any atom is 0.261 e. The van der Waals surface area contributed by atoms with Gasteiger partial charge >= 0.3 is 0 Å². The van der Waals surface area contributed by atoms with Crippen LogP contribution in [0.1, 0.15) is 23.7 Å². The lowest BCUT2D eigenvalue weighted by Crippen LogP contribution is -2.39. The van der Waals surface area contributed by atoms with Gasteiger partial charge in [0.15, 0.2) is 5.17 Å². The summed E-state index contributed by atoms with van der Waals surface area (Å²) in [4.78, 5) is 23.1. The number of carbonyl (C=O) groups is 1. The summed E-state index contributed by atoms with van der Waals surface area (Å²) in [7, 11) is 0. The number of amidine groups is 1.